The van der Waals surface area contributed by atoms with Crippen LogP contribution in [0.25, 0.3) is 0 Å². The number of nitrogens with zero attached hydrogens (tertiary/aromatic N) is 1. The number of hydrogen-bond acceptors (Lipinski definition) is 3. The van der Waals surface area contributed by atoms with Crippen LogP contribution in [0, 0.1) is 0 Å². The largest absolute Gasteiger partial charge is 0.350 e. The molecule has 0 saturated carbocycles. The van der Waals surface area contributed by atoms with Gasteiger partial charge in [0.25, 0.3) is 5.91 Å². The van der Waals surface area contributed by atoms with E-state index in [0.29, 0.717) is 5.11 Å². The van der Waals surface area contributed by atoms with Crippen LogP contribution in [0.3, 0.4) is 0 Å². The second-order valence-electron chi connectivity index (χ2n) is 4.29. The van der Waals surface area contributed by atoms with Gasteiger partial charge in [0.2, 0.25) is 0 Å². The summed E-state index contributed by atoms with van der Waals surface area (Å²) in [5, 5.41) is 8.73. The normalized spacial score (nSPS) is 19.3. The average Bonchev–Trinajstić information content (AvgIpc) is 2.80. The summed E-state index contributed by atoms with van der Waals surface area (Å²) < 4.78 is 0. The van der Waals surface area contributed by atoms with Gasteiger partial charge in [0.1, 0.15) is 0 Å². The van der Waals surface area contributed by atoms with Crippen LogP contribution in [0.4, 0.5) is 0 Å². The average molecular weight is 281 g/mol. The van der Waals surface area contributed by atoms with Gasteiger partial charge < -0.3 is 15.5 Å². The van der Waals surface area contributed by atoms with E-state index in [-0.39, 0.29) is 11.9 Å². The number of rotatable bonds is 2. The van der Waals surface area contributed by atoms with Crippen molar-refractivity contribution < 1.29 is 4.79 Å². The molecule has 0 aromatic carbocycles. The molecular formula is C12H15N3OS2. The minimum atomic E-state index is -0.159. The van der Waals surface area contributed by atoms with Gasteiger partial charge >= 0.3 is 0 Å². The number of thiophene rings is 1. The highest BCUT2D eigenvalue weighted by molar-refractivity contribution is 7.80. The van der Waals surface area contributed by atoms with Gasteiger partial charge in [0.15, 0.2) is 5.11 Å². The molecule has 2 heterocycles. The minimum absolute atomic E-state index is 0.00611. The van der Waals surface area contributed by atoms with Gasteiger partial charge in [-0.25, -0.2) is 0 Å². The molecular weight excluding hydrogens is 266 g/mol. The van der Waals surface area contributed by atoms with Crippen molar-refractivity contribution >= 4 is 34.6 Å². The van der Waals surface area contributed by atoms with Crippen molar-refractivity contribution in [2.75, 3.05) is 14.1 Å². The fraction of sp³-hybridized carbons (Fsp3) is 0.333. The first-order valence-electron chi connectivity index (χ1n) is 5.54. The van der Waals surface area contributed by atoms with Gasteiger partial charge in [-0.15, -0.1) is 11.3 Å². The SMILES string of the molecule is CC1=C(C(=O)N(C)C)[C@@H](c2cccs2)NC(=S)N1. The van der Waals surface area contributed by atoms with E-state index >= 15 is 0 Å². The van der Waals surface area contributed by atoms with E-state index in [1.807, 2.05) is 24.4 Å². The predicted octanol–water partition coefficient (Wildman–Crippen LogP) is 1.63. The molecule has 2 N–H and O–H groups in total. The quantitative estimate of drug-likeness (QED) is 0.809. The van der Waals surface area contributed by atoms with E-state index in [1.54, 1.807) is 30.3 Å². The van der Waals surface area contributed by atoms with Crippen LogP contribution in [-0.2, 0) is 4.79 Å². The lowest BCUT2D eigenvalue weighted by molar-refractivity contribution is -0.125. The number of amides is 1. The second-order valence-corrected chi connectivity index (χ2v) is 5.67. The summed E-state index contributed by atoms with van der Waals surface area (Å²) in [5.41, 5.74) is 1.53. The van der Waals surface area contributed by atoms with Gasteiger partial charge in [-0.1, -0.05) is 6.07 Å². The van der Waals surface area contributed by atoms with Crippen molar-refractivity contribution in [3.63, 3.8) is 0 Å². The highest BCUT2D eigenvalue weighted by atomic mass is 32.1. The van der Waals surface area contributed by atoms with E-state index in [9.17, 15) is 4.79 Å². The Morgan fingerprint density at radius 1 is 1.50 bits per heavy atom. The molecule has 0 fully saturated rings. The third kappa shape index (κ3) is 2.39. The Labute approximate surface area is 116 Å². The third-order valence-electron chi connectivity index (χ3n) is 2.73. The van der Waals surface area contributed by atoms with Crippen LogP contribution in [-0.4, -0.2) is 30.0 Å². The molecule has 1 amide bonds. The summed E-state index contributed by atoms with van der Waals surface area (Å²) in [6.45, 7) is 1.88. The monoisotopic (exact) mass is 281 g/mol. The number of nitrogens with one attached hydrogen (secondary N) is 2. The molecule has 0 saturated heterocycles. The predicted molar refractivity (Wildman–Crippen MR) is 77.3 cm³/mol. The zero-order chi connectivity index (χ0) is 13.3. The zero-order valence-electron chi connectivity index (χ0n) is 10.5. The van der Waals surface area contributed by atoms with Crippen molar-refractivity contribution in [1.82, 2.24) is 15.5 Å². The lowest BCUT2D eigenvalue weighted by atomic mass is 10.0. The van der Waals surface area contributed by atoms with E-state index in [0.717, 1.165) is 16.1 Å². The topological polar surface area (TPSA) is 44.4 Å². The molecule has 1 atom stereocenters. The molecule has 2 rings (SSSR count). The Hall–Kier alpha value is -1.40. The minimum Gasteiger partial charge on any atom is -0.350 e. The fourth-order valence-electron chi connectivity index (χ4n) is 1.89. The van der Waals surface area contributed by atoms with Crippen molar-refractivity contribution in [1.29, 1.82) is 0 Å². The van der Waals surface area contributed by atoms with E-state index < -0.39 is 0 Å². The molecule has 0 aliphatic carbocycles. The Balaban J connectivity index is 2.45. The summed E-state index contributed by atoms with van der Waals surface area (Å²) in [4.78, 5) is 14.9. The molecule has 96 valence electrons. The summed E-state index contributed by atoms with van der Waals surface area (Å²) in [6.07, 6.45) is 0. The third-order valence-corrected chi connectivity index (χ3v) is 3.89. The maximum Gasteiger partial charge on any atom is 0.253 e. The van der Waals surface area contributed by atoms with Crippen LogP contribution in [0.5, 0.6) is 0 Å². The first-order chi connectivity index (χ1) is 8.50. The maximum atomic E-state index is 12.3. The summed E-state index contributed by atoms with van der Waals surface area (Å²) in [6, 6.07) is 3.82. The number of carbonyl (C=O) groups is 1. The molecule has 0 radical (unpaired) electrons. The first-order valence-corrected chi connectivity index (χ1v) is 6.83. The van der Waals surface area contributed by atoms with Gasteiger partial charge in [0, 0.05) is 24.7 Å². The molecule has 6 heteroatoms. The molecule has 18 heavy (non-hydrogen) atoms. The summed E-state index contributed by atoms with van der Waals surface area (Å²) in [7, 11) is 3.50. The molecule has 0 spiro atoms. The van der Waals surface area contributed by atoms with Crippen LogP contribution < -0.4 is 10.6 Å². The fourth-order valence-corrected chi connectivity index (χ4v) is 2.94. The highest BCUT2D eigenvalue weighted by Gasteiger charge is 2.31. The van der Waals surface area contributed by atoms with Crippen LogP contribution in [0.2, 0.25) is 0 Å². The number of allylic oxidation sites excluding steroid dienone is 1. The molecule has 0 unspecified atom stereocenters. The van der Waals surface area contributed by atoms with Crippen molar-refractivity contribution in [2.24, 2.45) is 0 Å². The smallest absolute Gasteiger partial charge is 0.253 e. The lowest BCUT2D eigenvalue weighted by Gasteiger charge is -2.30. The Bertz CT molecular complexity index is 505. The molecule has 1 aromatic rings. The summed E-state index contributed by atoms with van der Waals surface area (Å²) >= 11 is 6.77. The van der Waals surface area contributed by atoms with E-state index in [1.165, 1.54) is 0 Å². The number of hydrogen-bond donors (Lipinski definition) is 2. The van der Waals surface area contributed by atoms with Crippen LogP contribution in [0.15, 0.2) is 28.8 Å². The maximum absolute atomic E-state index is 12.3. The van der Waals surface area contributed by atoms with Gasteiger partial charge in [-0.3, -0.25) is 4.79 Å². The van der Waals surface area contributed by atoms with E-state index in [2.05, 4.69) is 10.6 Å². The van der Waals surface area contributed by atoms with Gasteiger partial charge in [-0.2, -0.15) is 0 Å². The molecule has 4 nitrogen and oxygen atoms in total. The first kappa shape index (κ1) is 13.0. The number of thiocarbonyl (C=S) groups is 1. The van der Waals surface area contributed by atoms with Crippen LogP contribution >= 0.6 is 23.6 Å². The second kappa shape index (κ2) is 5.07. The Kier molecular flexibility index (Phi) is 3.68. The standard InChI is InChI=1S/C12H15N3OS2/c1-7-9(11(16)15(2)3)10(14-12(17)13-7)8-5-4-6-18-8/h4-6,10H,1-3H3,(H2,13,14,17)/t10-/m1/s1. The van der Waals surface area contributed by atoms with Gasteiger partial charge in [-0.05, 0) is 30.6 Å². The Morgan fingerprint density at radius 2 is 2.22 bits per heavy atom. The van der Waals surface area contributed by atoms with Crippen LogP contribution in [0.1, 0.15) is 17.8 Å². The Morgan fingerprint density at radius 3 is 2.78 bits per heavy atom. The zero-order valence-corrected chi connectivity index (χ0v) is 12.1. The summed E-state index contributed by atoms with van der Waals surface area (Å²) in [5.74, 6) is -0.00611. The lowest BCUT2D eigenvalue weighted by Crippen LogP contribution is -2.46. The number of carbonyl (C=O) groups excluding carboxylic acids is 1. The van der Waals surface area contributed by atoms with Crippen molar-refractivity contribution in [3.05, 3.63) is 33.7 Å². The van der Waals surface area contributed by atoms with E-state index in [4.69, 9.17) is 12.2 Å². The highest BCUT2D eigenvalue weighted by Crippen LogP contribution is 2.30. The molecule has 1 aromatic heterocycles. The molecule has 1 aliphatic heterocycles. The van der Waals surface area contributed by atoms with Crippen molar-refractivity contribution in [3.8, 4) is 0 Å². The molecule has 0 bridgehead atoms. The molecule has 1 aliphatic rings. The van der Waals surface area contributed by atoms with Crippen molar-refractivity contribution in [2.45, 2.75) is 13.0 Å². The number of likely N-dealkylation sites (N-methyl/N-ethyl adjacent to an activating group) is 1. The van der Waals surface area contributed by atoms with Gasteiger partial charge in [0.05, 0.1) is 11.6 Å².